The first-order valence-electron chi connectivity index (χ1n) is 5.19. The van der Waals surface area contributed by atoms with Gasteiger partial charge in [0.25, 0.3) is 0 Å². The van der Waals surface area contributed by atoms with E-state index in [4.69, 9.17) is 10.5 Å². The number of carbonyl (C=O) groups excluding carboxylic acids is 1. The first-order valence-corrected chi connectivity index (χ1v) is 5.19. The van der Waals surface area contributed by atoms with Crippen LogP contribution in [0.1, 0.15) is 26.7 Å². The van der Waals surface area contributed by atoms with Crippen LogP contribution in [0.25, 0.3) is 0 Å². The molecule has 1 aliphatic rings. The van der Waals surface area contributed by atoms with Crippen LogP contribution in [-0.2, 0) is 9.53 Å². The van der Waals surface area contributed by atoms with Crippen LogP contribution in [0.5, 0.6) is 0 Å². The van der Waals surface area contributed by atoms with Crippen molar-refractivity contribution in [1.82, 2.24) is 5.32 Å². The van der Waals surface area contributed by atoms with Gasteiger partial charge in [-0.25, -0.2) is 0 Å². The van der Waals surface area contributed by atoms with E-state index in [0.717, 1.165) is 19.4 Å². The molecule has 4 nitrogen and oxygen atoms in total. The lowest BCUT2D eigenvalue weighted by Crippen LogP contribution is -2.43. The highest BCUT2D eigenvalue weighted by Crippen LogP contribution is 2.23. The summed E-state index contributed by atoms with van der Waals surface area (Å²) >= 11 is 0. The predicted octanol–water partition coefficient (Wildman–Crippen LogP) is 0.688. The highest BCUT2D eigenvalue weighted by molar-refractivity contribution is 5.85. The average Bonchev–Trinajstić information content (AvgIpc) is 2.61. The third kappa shape index (κ3) is 4.36. The Morgan fingerprint density at radius 1 is 1.67 bits per heavy atom. The van der Waals surface area contributed by atoms with Gasteiger partial charge in [0.05, 0.1) is 5.60 Å². The lowest BCUT2D eigenvalue weighted by Gasteiger charge is -2.24. The van der Waals surface area contributed by atoms with Crippen LogP contribution >= 0.6 is 12.4 Å². The van der Waals surface area contributed by atoms with E-state index in [9.17, 15) is 4.79 Å². The van der Waals surface area contributed by atoms with Gasteiger partial charge in [-0.1, -0.05) is 6.92 Å². The minimum atomic E-state index is -0.163. The van der Waals surface area contributed by atoms with E-state index in [-0.39, 0.29) is 29.8 Å². The van der Waals surface area contributed by atoms with Gasteiger partial charge >= 0.3 is 0 Å². The molecule has 90 valence electrons. The molecular weight excluding hydrogens is 216 g/mol. The topological polar surface area (TPSA) is 64.4 Å². The number of hydrogen-bond acceptors (Lipinski definition) is 3. The molecule has 2 unspecified atom stereocenters. The van der Waals surface area contributed by atoms with Crippen molar-refractivity contribution in [1.29, 1.82) is 0 Å². The third-order valence-electron chi connectivity index (χ3n) is 2.74. The number of carbonyl (C=O) groups is 1. The van der Waals surface area contributed by atoms with Crippen LogP contribution in [0.3, 0.4) is 0 Å². The molecule has 1 aliphatic heterocycles. The minimum absolute atomic E-state index is 0. The van der Waals surface area contributed by atoms with E-state index < -0.39 is 0 Å². The second-order valence-corrected chi connectivity index (χ2v) is 4.26. The molecule has 3 N–H and O–H groups in total. The fourth-order valence-electron chi connectivity index (χ4n) is 1.53. The summed E-state index contributed by atoms with van der Waals surface area (Å²) in [6, 6.07) is 0. The fraction of sp³-hybridized carbons (Fsp3) is 0.900. The maximum Gasteiger partial charge on any atom is 0.224 e. The summed E-state index contributed by atoms with van der Waals surface area (Å²) in [6.45, 7) is 5.65. The van der Waals surface area contributed by atoms with Crippen molar-refractivity contribution in [3.63, 3.8) is 0 Å². The smallest absolute Gasteiger partial charge is 0.224 e. The third-order valence-corrected chi connectivity index (χ3v) is 2.74. The van der Waals surface area contributed by atoms with Gasteiger partial charge in [0.2, 0.25) is 5.91 Å². The Bertz CT molecular complexity index is 206. The van der Waals surface area contributed by atoms with Crippen molar-refractivity contribution >= 4 is 18.3 Å². The Morgan fingerprint density at radius 2 is 2.33 bits per heavy atom. The molecule has 0 saturated carbocycles. The number of nitrogens with one attached hydrogen (secondary N) is 1. The summed E-state index contributed by atoms with van der Waals surface area (Å²) in [5.74, 6) is -0.0933. The number of halogens is 1. The second kappa shape index (κ2) is 6.30. The van der Waals surface area contributed by atoms with Crippen molar-refractivity contribution in [2.75, 3.05) is 19.7 Å². The Labute approximate surface area is 97.3 Å². The molecule has 0 aromatic heterocycles. The Morgan fingerprint density at radius 3 is 2.80 bits per heavy atom. The van der Waals surface area contributed by atoms with Gasteiger partial charge < -0.3 is 15.8 Å². The van der Waals surface area contributed by atoms with Crippen molar-refractivity contribution in [3.05, 3.63) is 0 Å². The van der Waals surface area contributed by atoms with Crippen molar-refractivity contribution < 1.29 is 9.53 Å². The molecule has 2 atom stereocenters. The zero-order valence-corrected chi connectivity index (χ0v) is 10.2. The van der Waals surface area contributed by atoms with Crippen molar-refractivity contribution in [2.45, 2.75) is 32.3 Å². The number of nitrogens with two attached hydrogens (primary N) is 1. The van der Waals surface area contributed by atoms with E-state index in [1.54, 1.807) is 0 Å². The summed E-state index contributed by atoms with van der Waals surface area (Å²) in [6.07, 6.45) is 2.10. The Balaban J connectivity index is 0.00000196. The van der Waals surface area contributed by atoms with Crippen LogP contribution in [-0.4, -0.2) is 31.2 Å². The highest BCUT2D eigenvalue weighted by atomic mass is 35.5. The van der Waals surface area contributed by atoms with E-state index in [1.165, 1.54) is 0 Å². The molecule has 5 heteroatoms. The van der Waals surface area contributed by atoms with E-state index in [2.05, 4.69) is 5.32 Å². The Hall–Kier alpha value is -0.320. The lowest BCUT2D eigenvalue weighted by molar-refractivity contribution is -0.125. The van der Waals surface area contributed by atoms with Crippen LogP contribution in [0.2, 0.25) is 0 Å². The maximum absolute atomic E-state index is 11.4. The highest BCUT2D eigenvalue weighted by Gasteiger charge is 2.30. The van der Waals surface area contributed by atoms with Crippen LogP contribution in [0.15, 0.2) is 0 Å². The molecule has 1 heterocycles. The average molecular weight is 237 g/mol. The molecule has 0 bridgehead atoms. The summed E-state index contributed by atoms with van der Waals surface area (Å²) in [4.78, 5) is 11.4. The fourth-order valence-corrected chi connectivity index (χ4v) is 1.53. The molecular formula is C10H21ClN2O2. The molecule has 0 radical (unpaired) electrons. The molecule has 0 aromatic carbocycles. The van der Waals surface area contributed by atoms with Gasteiger partial charge in [0.1, 0.15) is 0 Å². The molecule has 0 spiro atoms. The lowest BCUT2D eigenvalue weighted by atomic mass is 10.0. The summed E-state index contributed by atoms with van der Waals surface area (Å²) in [5, 5.41) is 2.87. The minimum Gasteiger partial charge on any atom is -0.373 e. The summed E-state index contributed by atoms with van der Waals surface area (Å²) < 4.78 is 5.56. The molecule has 0 aromatic rings. The second-order valence-electron chi connectivity index (χ2n) is 4.26. The molecule has 1 saturated heterocycles. The first kappa shape index (κ1) is 14.7. The van der Waals surface area contributed by atoms with Crippen LogP contribution in [0, 0.1) is 5.92 Å². The first-order chi connectivity index (χ1) is 6.57. The SMILES string of the molecule is CC(CN)C(=O)NCC1(C)CCCO1.Cl. The predicted molar refractivity (Wildman–Crippen MR) is 62.1 cm³/mol. The zero-order chi connectivity index (χ0) is 10.6. The standard InChI is InChI=1S/C10H20N2O2.ClH/c1-8(6-11)9(13)12-7-10(2)4-3-5-14-10;/h8H,3-7,11H2,1-2H3,(H,12,13);1H. The summed E-state index contributed by atoms with van der Waals surface area (Å²) in [7, 11) is 0. The Kier molecular flexibility index (Phi) is 6.17. The molecule has 1 rings (SSSR count). The van der Waals surface area contributed by atoms with Crippen molar-refractivity contribution in [3.8, 4) is 0 Å². The van der Waals surface area contributed by atoms with Crippen LogP contribution in [0.4, 0.5) is 0 Å². The van der Waals surface area contributed by atoms with E-state index in [1.807, 2.05) is 13.8 Å². The zero-order valence-electron chi connectivity index (χ0n) is 9.41. The number of rotatable bonds is 4. The maximum atomic E-state index is 11.4. The van der Waals surface area contributed by atoms with Gasteiger partial charge in [-0.15, -0.1) is 12.4 Å². The molecule has 15 heavy (non-hydrogen) atoms. The van der Waals surface area contributed by atoms with Gasteiger partial charge in [0, 0.05) is 25.6 Å². The number of ether oxygens (including phenoxy) is 1. The van der Waals surface area contributed by atoms with Crippen LogP contribution < -0.4 is 11.1 Å². The summed E-state index contributed by atoms with van der Waals surface area (Å²) in [5.41, 5.74) is 5.23. The molecule has 1 amide bonds. The van der Waals surface area contributed by atoms with Gasteiger partial charge in [0.15, 0.2) is 0 Å². The molecule has 0 aliphatic carbocycles. The quantitative estimate of drug-likeness (QED) is 0.755. The van der Waals surface area contributed by atoms with Crippen molar-refractivity contribution in [2.24, 2.45) is 11.7 Å². The molecule has 1 fully saturated rings. The van der Waals surface area contributed by atoms with E-state index >= 15 is 0 Å². The normalized spacial score (nSPS) is 26.9. The monoisotopic (exact) mass is 236 g/mol. The number of amides is 1. The van der Waals surface area contributed by atoms with Gasteiger partial charge in [-0.2, -0.15) is 0 Å². The largest absolute Gasteiger partial charge is 0.373 e. The van der Waals surface area contributed by atoms with E-state index in [0.29, 0.717) is 13.1 Å². The van der Waals surface area contributed by atoms with Gasteiger partial charge in [-0.3, -0.25) is 4.79 Å². The number of hydrogen-bond donors (Lipinski definition) is 2. The van der Waals surface area contributed by atoms with Gasteiger partial charge in [-0.05, 0) is 19.8 Å².